The summed E-state index contributed by atoms with van der Waals surface area (Å²) in [6.07, 6.45) is 3.85. The molecular weight excluding hydrogens is 296 g/mol. The first-order valence-electron chi connectivity index (χ1n) is 8.16. The highest BCUT2D eigenvalue weighted by Crippen LogP contribution is 2.31. The number of anilines is 1. The Kier molecular flexibility index (Phi) is 3.82. The van der Waals surface area contributed by atoms with Crippen LogP contribution in [-0.2, 0) is 11.3 Å². The standard InChI is InChI=1S/C16H22N4O3/c1-13-17-18-15(23-13)20-6-3-5-16(12-20)11-19(7-9-22-16)10-14-4-2-8-21-14/h2,4,8H,3,5-7,9-12H2,1H3. The molecule has 2 aliphatic rings. The smallest absolute Gasteiger partial charge is 0.318 e. The number of piperidine rings is 1. The van der Waals surface area contributed by atoms with Gasteiger partial charge in [-0.15, -0.1) is 5.10 Å². The van der Waals surface area contributed by atoms with Gasteiger partial charge in [-0.1, -0.05) is 5.10 Å². The Bertz CT molecular complexity index is 638. The van der Waals surface area contributed by atoms with Crippen LogP contribution in [0.3, 0.4) is 0 Å². The summed E-state index contributed by atoms with van der Waals surface area (Å²) in [6, 6.07) is 4.57. The second-order valence-corrected chi connectivity index (χ2v) is 6.45. The van der Waals surface area contributed by atoms with E-state index >= 15 is 0 Å². The molecule has 1 spiro atoms. The van der Waals surface area contributed by atoms with Crippen LogP contribution in [-0.4, -0.2) is 53.5 Å². The largest absolute Gasteiger partial charge is 0.468 e. The van der Waals surface area contributed by atoms with Gasteiger partial charge in [0, 0.05) is 26.6 Å². The lowest BCUT2D eigenvalue weighted by atomic mass is 9.91. The number of ether oxygens (including phenoxy) is 1. The fourth-order valence-corrected chi connectivity index (χ4v) is 3.60. The van der Waals surface area contributed by atoms with Crippen LogP contribution in [0.2, 0.25) is 0 Å². The van der Waals surface area contributed by atoms with Crippen molar-refractivity contribution < 1.29 is 13.6 Å². The molecule has 0 amide bonds. The first-order chi connectivity index (χ1) is 11.2. The Hall–Kier alpha value is -1.86. The topological polar surface area (TPSA) is 67.8 Å². The predicted molar refractivity (Wildman–Crippen MR) is 83.2 cm³/mol. The average molecular weight is 318 g/mol. The molecule has 2 aromatic rings. The molecule has 7 nitrogen and oxygen atoms in total. The van der Waals surface area contributed by atoms with Crippen molar-refractivity contribution in [2.24, 2.45) is 0 Å². The van der Waals surface area contributed by atoms with E-state index in [1.165, 1.54) is 0 Å². The third kappa shape index (κ3) is 3.11. The fraction of sp³-hybridized carbons (Fsp3) is 0.625. The number of furan rings is 1. The van der Waals surface area contributed by atoms with E-state index in [-0.39, 0.29) is 5.60 Å². The number of morpholine rings is 1. The van der Waals surface area contributed by atoms with E-state index < -0.39 is 0 Å². The summed E-state index contributed by atoms with van der Waals surface area (Å²) < 4.78 is 17.3. The van der Waals surface area contributed by atoms with Crippen molar-refractivity contribution in [2.75, 3.05) is 37.7 Å². The summed E-state index contributed by atoms with van der Waals surface area (Å²) in [6.45, 7) is 6.96. The number of hydrogen-bond acceptors (Lipinski definition) is 7. The summed E-state index contributed by atoms with van der Waals surface area (Å²) in [4.78, 5) is 4.56. The van der Waals surface area contributed by atoms with Crippen LogP contribution in [0.5, 0.6) is 0 Å². The molecule has 1 atom stereocenters. The minimum absolute atomic E-state index is 0.161. The Labute approximate surface area is 135 Å². The minimum Gasteiger partial charge on any atom is -0.468 e. The average Bonchev–Trinajstić information content (AvgIpc) is 3.19. The van der Waals surface area contributed by atoms with Gasteiger partial charge in [-0.3, -0.25) is 4.90 Å². The maximum Gasteiger partial charge on any atom is 0.318 e. The van der Waals surface area contributed by atoms with Gasteiger partial charge in [0.25, 0.3) is 0 Å². The van der Waals surface area contributed by atoms with Crippen LogP contribution >= 0.6 is 0 Å². The maximum absolute atomic E-state index is 6.21. The summed E-state index contributed by atoms with van der Waals surface area (Å²) in [5, 5.41) is 8.09. The Balaban J connectivity index is 1.46. The Morgan fingerprint density at radius 3 is 3.00 bits per heavy atom. The first-order valence-corrected chi connectivity index (χ1v) is 8.16. The van der Waals surface area contributed by atoms with E-state index in [0.717, 1.165) is 57.9 Å². The second-order valence-electron chi connectivity index (χ2n) is 6.45. The summed E-state index contributed by atoms with van der Waals surface area (Å²) in [7, 11) is 0. The normalized spacial score (nSPS) is 26.0. The highest BCUT2D eigenvalue weighted by atomic mass is 16.5. The minimum atomic E-state index is -0.161. The molecule has 7 heteroatoms. The fourth-order valence-electron chi connectivity index (χ4n) is 3.60. The van der Waals surface area contributed by atoms with E-state index in [1.54, 1.807) is 6.26 Å². The van der Waals surface area contributed by atoms with E-state index in [4.69, 9.17) is 13.6 Å². The van der Waals surface area contributed by atoms with Crippen LogP contribution in [0.1, 0.15) is 24.5 Å². The number of aryl methyl sites for hydroxylation is 1. The van der Waals surface area contributed by atoms with E-state index in [9.17, 15) is 0 Å². The monoisotopic (exact) mass is 318 g/mol. The molecule has 2 fully saturated rings. The summed E-state index contributed by atoms with van der Waals surface area (Å²) >= 11 is 0. The molecule has 0 saturated carbocycles. The first kappa shape index (κ1) is 14.7. The number of rotatable bonds is 3. The molecule has 0 N–H and O–H groups in total. The predicted octanol–water partition coefficient (Wildman–Crippen LogP) is 1.84. The van der Waals surface area contributed by atoms with Crippen molar-refractivity contribution in [3.63, 3.8) is 0 Å². The second kappa shape index (κ2) is 5.98. The molecule has 2 saturated heterocycles. The number of nitrogens with zero attached hydrogens (tertiary/aromatic N) is 4. The lowest BCUT2D eigenvalue weighted by Gasteiger charge is -2.47. The van der Waals surface area contributed by atoms with Crippen LogP contribution in [0.25, 0.3) is 0 Å². The van der Waals surface area contributed by atoms with Gasteiger partial charge in [0.2, 0.25) is 5.89 Å². The SMILES string of the molecule is Cc1nnc(N2CCCC3(CN(Cc4ccco4)CCO3)C2)o1. The molecule has 0 aliphatic carbocycles. The number of hydrogen-bond donors (Lipinski definition) is 0. The molecule has 0 radical (unpaired) electrons. The molecule has 2 aliphatic heterocycles. The lowest BCUT2D eigenvalue weighted by molar-refractivity contribution is -0.117. The molecular formula is C16H22N4O3. The number of aromatic nitrogens is 2. The quantitative estimate of drug-likeness (QED) is 0.855. The van der Waals surface area contributed by atoms with Gasteiger partial charge in [0.15, 0.2) is 0 Å². The van der Waals surface area contributed by atoms with Crippen molar-refractivity contribution in [1.82, 2.24) is 15.1 Å². The highest BCUT2D eigenvalue weighted by Gasteiger charge is 2.41. The Morgan fingerprint density at radius 1 is 1.26 bits per heavy atom. The van der Waals surface area contributed by atoms with Crippen LogP contribution in [0, 0.1) is 6.92 Å². The Morgan fingerprint density at radius 2 is 2.22 bits per heavy atom. The van der Waals surface area contributed by atoms with Gasteiger partial charge in [-0.2, -0.15) is 0 Å². The van der Waals surface area contributed by atoms with Gasteiger partial charge in [0.1, 0.15) is 5.76 Å². The third-order valence-corrected chi connectivity index (χ3v) is 4.61. The van der Waals surface area contributed by atoms with Crippen molar-refractivity contribution in [2.45, 2.75) is 31.9 Å². The molecule has 124 valence electrons. The van der Waals surface area contributed by atoms with E-state index in [1.807, 2.05) is 19.1 Å². The molecule has 0 bridgehead atoms. The third-order valence-electron chi connectivity index (χ3n) is 4.61. The van der Waals surface area contributed by atoms with Crippen molar-refractivity contribution in [3.8, 4) is 0 Å². The molecule has 23 heavy (non-hydrogen) atoms. The van der Waals surface area contributed by atoms with Gasteiger partial charge >= 0.3 is 6.01 Å². The zero-order valence-corrected chi connectivity index (χ0v) is 13.4. The molecule has 4 heterocycles. The van der Waals surface area contributed by atoms with Gasteiger partial charge < -0.3 is 18.5 Å². The van der Waals surface area contributed by atoms with Crippen LogP contribution in [0.4, 0.5) is 6.01 Å². The zero-order valence-electron chi connectivity index (χ0n) is 13.4. The van der Waals surface area contributed by atoms with Crippen LogP contribution in [0.15, 0.2) is 27.2 Å². The molecule has 4 rings (SSSR count). The lowest BCUT2D eigenvalue weighted by Crippen LogP contribution is -2.59. The summed E-state index contributed by atoms with van der Waals surface area (Å²) in [5.41, 5.74) is -0.161. The van der Waals surface area contributed by atoms with E-state index in [0.29, 0.717) is 11.9 Å². The van der Waals surface area contributed by atoms with Crippen LogP contribution < -0.4 is 4.90 Å². The summed E-state index contributed by atoms with van der Waals surface area (Å²) in [5.74, 6) is 1.60. The van der Waals surface area contributed by atoms with E-state index in [2.05, 4.69) is 20.0 Å². The molecule has 1 unspecified atom stereocenters. The van der Waals surface area contributed by atoms with Crippen molar-refractivity contribution >= 4 is 6.01 Å². The van der Waals surface area contributed by atoms with Gasteiger partial charge in [-0.25, -0.2) is 0 Å². The van der Waals surface area contributed by atoms with Crippen molar-refractivity contribution in [3.05, 3.63) is 30.0 Å². The van der Waals surface area contributed by atoms with Gasteiger partial charge in [0.05, 0.1) is 31.6 Å². The highest BCUT2D eigenvalue weighted by molar-refractivity contribution is 5.27. The molecule has 2 aromatic heterocycles. The van der Waals surface area contributed by atoms with Gasteiger partial charge in [-0.05, 0) is 25.0 Å². The maximum atomic E-state index is 6.21. The molecule has 0 aromatic carbocycles. The van der Waals surface area contributed by atoms with Crippen molar-refractivity contribution in [1.29, 1.82) is 0 Å². The zero-order chi connectivity index (χ0) is 15.7.